The summed E-state index contributed by atoms with van der Waals surface area (Å²) in [6.45, 7) is 2.12. The Morgan fingerprint density at radius 2 is 2.18 bits per heavy atom. The van der Waals surface area contributed by atoms with E-state index in [-0.39, 0.29) is 5.41 Å². The molecule has 3 rings (SSSR count). The molecule has 88 valence electrons. The van der Waals surface area contributed by atoms with Crippen molar-refractivity contribution in [1.29, 1.82) is 0 Å². The summed E-state index contributed by atoms with van der Waals surface area (Å²) in [4.78, 5) is 4.39. The molecule has 2 aromatic rings. The van der Waals surface area contributed by atoms with Crippen LogP contribution in [0.15, 0.2) is 22.7 Å². The van der Waals surface area contributed by atoms with Crippen LogP contribution in [0.4, 0.5) is 5.69 Å². The van der Waals surface area contributed by atoms with E-state index in [4.69, 9.17) is 21.9 Å². The molecule has 0 amide bonds. The zero-order valence-electron chi connectivity index (χ0n) is 9.40. The number of nitrogen functional groups attached to an aromatic ring is 1. The average molecular weight is 250 g/mol. The zero-order valence-corrected chi connectivity index (χ0v) is 10.2. The van der Waals surface area contributed by atoms with Crippen molar-refractivity contribution in [2.45, 2.75) is 25.2 Å². The third-order valence-corrected chi connectivity index (χ3v) is 3.54. The molecular formula is C12H12ClN3O. The van der Waals surface area contributed by atoms with Gasteiger partial charge in [0.25, 0.3) is 5.89 Å². The lowest BCUT2D eigenvalue weighted by molar-refractivity contribution is 0.416. The Balaban J connectivity index is 2.07. The van der Waals surface area contributed by atoms with Gasteiger partial charge in [-0.25, -0.2) is 0 Å². The fourth-order valence-corrected chi connectivity index (χ4v) is 2.01. The van der Waals surface area contributed by atoms with Crippen molar-refractivity contribution in [2.75, 3.05) is 5.73 Å². The Labute approximate surface area is 104 Å². The number of rotatable bonds is 2. The van der Waals surface area contributed by atoms with Gasteiger partial charge < -0.3 is 10.3 Å². The van der Waals surface area contributed by atoms with E-state index in [1.54, 1.807) is 18.2 Å². The van der Waals surface area contributed by atoms with E-state index in [2.05, 4.69) is 17.1 Å². The molecule has 0 unspecified atom stereocenters. The number of benzene rings is 1. The van der Waals surface area contributed by atoms with Crippen molar-refractivity contribution in [3.05, 3.63) is 29.0 Å². The molecule has 0 saturated heterocycles. The smallest absolute Gasteiger partial charge is 0.261 e. The summed E-state index contributed by atoms with van der Waals surface area (Å²) in [5.74, 6) is 1.14. The van der Waals surface area contributed by atoms with Gasteiger partial charge in [0.1, 0.15) is 0 Å². The molecule has 0 atom stereocenters. The molecule has 0 radical (unpaired) electrons. The molecular weight excluding hydrogens is 238 g/mol. The van der Waals surface area contributed by atoms with Gasteiger partial charge in [-0.05, 0) is 25.0 Å². The molecule has 4 nitrogen and oxygen atoms in total. The van der Waals surface area contributed by atoms with Gasteiger partial charge in [0.15, 0.2) is 5.82 Å². The SMILES string of the molecule is CC1(c2noc(-c3c(N)cccc3Cl)n2)CC1. The highest BCUT2D eigenvalue weighted by molar-refractivity contribution is 6.33. The van der Waals surface area contributed by atoms with E-state index in [0.29, 0.717) is 22.2 Å². The quantitative estimate of drug-likeness (QED) is 0.831. The predicted molar refractivity (Wildman–Crippen MR) is 65.7 cm³/mol. The summed E-state index contributed by atoms with van der Waals surface area (Å²) < 4.78 is 5.25. The maximum atomic E-state index is 6.10. The number of aromatic nitrogens is 2. The van der Waals surface area contributed by atoms with Crippen LogP contribution in [0.1, 0.15) is 25.6 Å². The first kappa shape index (κ1) is 10.6. The third-order valence-electron chi connectivity index (χ3n) is 3.23. The van der Waals surface area contributed by atoms with Crippen molar-refractivity contribution >= 4 is 17.3 Å². The first-order chi connectivity index (χ1) is 8.10. The van der Waals surface area contributed by atoms with E-state index in [0.717, 1.165) is 18.7 Å². The molecule has 5 heteroatoms. The first-order valence-corrected chi connectivity index (χ1v) is 5.86. The number of nitrogens with zero attached hydrogens (tertiary/aromatic N) is 2. The fraction of sp³-hybridized carbons (Fsp3) is 0.333. The molecule has 2 N–H and O–H groups in total. The Morgan fingerprint density at radius 1 is 1.41 bits per heavy atom. The summed E-state index contributed by atoms with van der Waals surface area (Å²) in [6.07, 6.45) is 2.20. The van der Waals surface area contributed by atoms with Gasteiger partial charge >= 0.3 is 0 Å². The maximum Gasteiger partial charge on any atom is 0.261 e. The van der Waals surface area contributed by atoms with Crippen LogP contribution >= 0.6 is 11.6 Å². The van der Waals surface area contributed by atoms with Crippen LogP contribution < -0.4 is 5.73 Å². The molecule has 1 heterocycles. The van der Waals surface area contributed by atoms with Crippen LogP contribution in [0.3, 0.4) is 0 Å². The van der Waals surface area contributed by atoms with Crippen LogP contribution in [0.5, 0.6) is 0 Å². The van der Waals surface area contributed by atoms with Gasteiger partial charge in [0.05, 0.1) is 10.6 Å². The first-order valence-electron chi connectivity index (χ1n) is 5.49. The fourth-order valence-electron chi connectivity index (χ4n) is 1.75. The molecule has 1 aromatic heterocycles. The molecule has 0 spiro atoms. The summed E-state index contributed by atoms with van der Waals surface area (Å²) in [5, 5.41) is 4.54. The second-order valence-electron chi connectivity index (χ2n) is 4.69. The lowest BCUT2D eigenvalue weighted by Gasteiger charge is -2.02. The second kappa shape index (κ2) is 3.47. The van der Waals surface area contributed by atoms with Crippen molar-refractivity contribution in [1.82, 2.24) is 10.1 Å². The minimum absolute atomic E-state index is 0.0811. The van der Waals surface area contributed by atoms with Crippen LogP contribution in [-0.2, 0) is 5.41 Å². The van der Waals surface area contributed by atoms with Crippen molar-refractivity contribution in [3.8, 4) is 11.5 Å². The lowest BCUT2D eigenvalue weighted by atomic mass is 10.1. The van der Waals surface area contributed by atoms with Gasteiger partial charge in [-0.15, -0.1) is 0 Å². The Morgan fingerprint density at radius 3 is 2.82 bits per heavy atom. The second-order valence-corrected chi connectivity index (χ2v) is 5.10. The molecule has 0 bridgehead atoms. The molecule has 17 heavy (non-hydrogen) atoms. The standard InChI is InChI=1S/C12H12ClN3O/c1-12(5-6-12)11-15-10(17-16-11)9-7(13)3-2-4-8(9)14/h2-4H,5-6,14H2,1H3. The zero-order chi connectivity index (χ0) is 12.0. The third kappa shape index (κ3) is 1.69. The lowest BCUT2D eigenvalue weighted by Crippen LogP contribution is -2.02. The van der Waals surface area contributed by atoms with Gasteiger partial charge in [-0.2, -0.15) is 4.98 Å². The summed E-state index contributed by atoms with van der Waals surface area (Å²) in [6, 6.07) is 5.32. The summed E-state index contributed by atoms with van der Waals surface area (Å²) >= 11 is 6.10. The van der Waals surface area contributed by atoms with Gasteiger partial charge in [0.2, 0.25) is 0 Å². The molecule has 1 saturated carbocycles. The normalized spacial score (nSPS) is 17.1. The molecule has 1 fully saturated rings. The Hall–Kier alpha value is -1.55. The summed E-state index contributed by atoms with van der Waals surface area (Å²) in [7, 11) is 0. The van der Waals surface area contributed by atoms with E-state index in [1.807, 2.05) is 0 Å². The predicted octanol–water partition coefficient (Wildman–Crippen LogP) is 3.02. The van der Waals surface area contributed by atoms with Gasteiger partial charge in [-0.3, -0.25) is 0 Å². The van der Waals surface area contributed by atoms with Crippen molar-refractivity contribution in [2.24, 2.45) is 0 Å². The van der Waals surface area contributed by atoms with Crippen molar-refractivity contribution in [3.63, 3.8) is 0 Å². The Kier molecular flexibility index (Phi) is 2.16. The van der Waals surface area contributed by atoms with Gasteiger partial charge in [-0.1, -0.05) is 29.7 Å². The molecule has 1 aliphatic carbocycles. The average Bonchev–Trinajstić information content (AvgIpc) is 2.86. The number of nitrogens with two attached hydrogens (primary N) is 1. The molecule has 1 aromatic carbocycles. The van der Waals surface area contributed by atoms with Crippen molar-refractivity contribution < 1.29 is 4.52 Å². The van der Waals surface area contributed by atoms with Crippen LogP contribution in [0.2, 0.25) is 5.02 Å². The molecule has 0 aliphatic heterocycles. The number of hydrogen-bond acceptors (Lipinski definition) is 4. The minimum atomic E-state index is 0.0811. The highest BCUT2D eigenvalue weighted by atomic mass is 35.5. The topological polar surface area (TPSA) is 64.9 Å². The van der Waals surface area contributed by atoms with Gasteiger partial charge in [0, 0.05) is 11.1 Å². The highest BCUT2D eigenvalue weighted by Gasteiger charge is 2.43. The van der Waals surface area contributed by atoms with E-state index in [9.17, 15) is 0 Å². The highest BCUT2D eigenvalue weighted by Crippen LogP contribution is 2.46. The largest absolute Gasteiger partial charge is 0.398 e. The molecule has 1 aliphatic rings. The number of hydrogen-bond donors (Lipinski definition) is 1. The Bertz CT molecular complexity index is 555. The minimum Gasteiger partial charge on any atom is -0.398 e. The van der Waals surface area contributed by atoms with Crippen LogP contribution in [0.25, 0.3) is 11.5 Å². The van der Waals surface area contributed by atoms with E-state index < -0.39 is 0 Å². The number of anilines is 1. The monoisotopic (exact) mass is 249 g/mol. The van der Waals surface area contributed by atoms with Crippen LogP contribution in [0, 0.1) is 0 Å². The van der Waals surface area contributed by atoms with Crippen LogP contribution in [-0.4, -0.2) is 10.1 Å². The van der Waals surface area contributed by atoms with E-state index >= 15 is 0 Å². The summed E-state index contributed by atoms with van der Waals surface area (Å²) in [5.41, 5.74) is 7.13. The maximum absolute atomic E-state index is 6.10. The van der Waals surface area contributed by atoms with E-state index in [1.165, 1.54) is 0 Å². The number of halogens is 1.